The summed E-state index contributed by atoms with van der Waals surface area (Å²) in [6.07, 6.45) is 20.6. The van der Waals surface area contributed by atoms with Crippen LogP contribution in [0.25, 0.3) is 0 Å². The van der Waals surface area contributed by atoms with Crippen molar-refractivity contribution in [2.24, 2.45) is 0 Å². The van der Waals surface area contributed by atoms with Gasteiger partial charge in [0.2, 0.25) is 11.4 Å². The van der Waals surface area contributed by atoms with E-state index in [1.165, 1.54) is 13.0 Å². The van der Waals surface area contributed by atoms with Gasteiger partial charge in [0.1, 0.15) is 0 Å². The molecule has 2 saturated carbocycles. The minimum absolute atomic E-state index is 0. The number of carbonyl (C=O) groups is 3. The molecule has 0 unspecified atom stereocenters. The molecule has 2 fully saturated rings. The summed E-state index contributed by atoms with van der Waals surface area (Å²) in [5, 5.41) is 2.38. The van der Waals surface area contributed by atoms with Crippen molar-refractivity contribution in [2.75, 3.05) is 13.2 Å². The second kappa shape index (κ2) is 16.2. The van der Waals surface area contributed by atoms with Crippen LogP contribution in [-0.2, 0) is 40.9 Å². The zero-order chi connectivity index (χ0) is 21.5. The average molecular weight is 453 g/mol. The molecule has 2 rings (SSSR count). The van der Waals surface area contributed by atoms with Gasteiger partial charge >= 0.3 is 29.0 Å². The van der Waals surface area contributed by atoms with Gasteiger partial charge < -0.3 is 14.8 Å². The summed E-state index contributed by atoms with van der Waals surface area (Å²) in [6.45, 7) is 4.61. The third-order valence-electron chi connectivity index (χ3n) is 3.66. The van der Waals surface area contributed by atoms with Gasteiger partial charge in [-0.25, -0.2) is 9.59 Å². The van der Waals surface area contributed by atoms with Gasteiger partial charge in [-0.05, 0) is 83.8 Å². The number of esters is 2. The largest absolute Gasteiger partial charge is 2.00 e. The summed E-state index contributed by atoms with van der Waals surface area (Å²) < 4.78 is 9.93. The Labute approximate surface area is 191 Å². The molecule has 6 nitrogen and oxygen atoms in total. The van der Waals surface area contributed by atoms with E-state index in [1.54, 1.807) is 19.9 Å². The Bertz CT molecular complexity index is 563. The van der Waals surface area contributed by atoms with Crippen molar-refractivity contribution in [2.45, 2.75) is 32.7 Å². The molecule has 2 aliphatic rings. The Morgan fingerprint density at radius 2 is 1.40 bits per heavy atom. The topological polar surface area (TPSA) is 81.7 Å². The molecule has 0 aromatic heterocycles. The van der Waals surface area contributed by atoms with Gasteiger partial charge in [-0.15, -0.1) is 5.73 Å². The van der Waals surface area contributed by atoms with Gasteiger partial charge in [-0.3, -0.25) is 4.79 Å². The maximum atomic E-state index is 12.3. The van der Waals surface area contributed by atoms with Crippen LogP contribution in [-0.4, -0.2) is 36.6 Å². The molecule has 0 atom stereocenters. The third kappa shape index (κ3) is 9.97. The number of ether oxygens (including phenoxy) is 2. The quantitative estimate of drug-likeness (QED) is 0.265. The maximum absolute atomic E-state index is 12.3. The van der Waals surface area contributed by atoms with Crippen LogP contribution in [0.5, 0.6) is 0 Å². The SMILES string of the molecule is CCOC(=O)C(CC=C=C[C]1[CH][CH][CH][CH]1)(NC(C)=O)C(=O)OCC.[CH]1[CH][CH][CH][CH]1.[Fe+2]. The molecule has 0 spiro atoms. The Hall–Kier alpha value is -1.55. The first-order valence-corrected chi connectivity index (χ1v) is 9.38. The average Bonchev–Trinajstić information content (AvgIpc) is 3.40. The van der Waals surface area contributed by atoms with Gasteiger partial charge in [0, 0.05) is 19.3 Å². The summed E-state index contributed by atoms with van der Waals surface area (Å²) >= 11 is 0. The van der Waals surface area contributed by atoms with E-state index in [2.05, 4.69) is 11.0 Å². The molecule has 0 heterocycles. The van der Waals surface area contributed by atoms with Crippen LogP contribution in [0.1, 0.15) is 27.2 Å². The van der Waals surface area contributed by atoms with Crippen molar-refractivity contribution in [1.29, 1.82) is 0 Å². The molecule has 0 aromatic rings. The van der Waals surface area contributed by atoms with Gasteiger partial charge in [0.05, 0.1) is 13.2 Å². The van der Waals surface area contributed by atoms with E-state index in [1.807, 2.05) is 57.8 Å². The third-order valence-corrected chi connectivity index (χ3v) is 3.66. The number of hydrogen-bond acceptors (Lipinski definition) is 5. The zero-order valence-corrected chi connectivity index (χ0v) is 18.5. The summed E-state index contributed by atoms with van der Waals surface area (Å²) in [6, 6.07) is 0. The first-order chi connectivity index (χ1) is 14.0. The Balaban J connectivity index is 0.00000122. The van der Waals surface area contributed by atoms with Crippen molar-refractivity contribution in [3.05, 3.63) is 81.6 Å². The number of amides is 1. The molecule has 2 aliphatic carbocycles. The normalized spacial score (nSPS) is 15.6. The van der Waals surface area contributed by atoms with E-state index < -0.39 is 23.4 Å². The Morgan fingerprint density at radius 1 is 0.933 bits per heavy atom. The van der Waals surface area contributed by atoms with Crippen LogP contribution < -0.4 is 5.32 Å². The van der Waals surface area contributed by atoms with Crippen LogP contribution in [0, 0.1) is 63.7 Å². The molecule has 0 aromatic carbocycles. The summed E-state index contributed by atoms with van der Waals surface area (Å²) in [7, 11) is 0. The van der Waals surface area contributed by atoms with E-state index in [4.69, 9.17) is 9.47 Å². The van der Waals surface area contributed by atoms with E-state index in [0.29, 0.717) is 0 Å². The van der Waals surface area contributed by atoms with E-state index in [9.17, 15) is 14.4 Å². The number of hydrogen-bond donors (Lipinski definition) is 1. The fourth-order valence-electron chi connectivity index (χ4n) is 2.39. The van der Waals surface area contributed by atoms with Crippen LogP contribution in [0.4, 0.5) is 0 Å². The molecule has 1 N–H and O–H groups in total. The van der Waals surface area contributed by atoms with Crippen molar-refractivity contribution in [1.82, 2.24) is 5.32 Å². The number of carbonyl (C=O) groups excluding carboxylic acids is 3. The smallest absolute Gasteiger partial charge is 0.464 e. The maximum Gasteiger partial charge on any atom is 2.00 e. The Kier molecular flexibility index (Phi) is 15.3. The number of nitrogens with one attached hydrogen (secondary N) is 1. The van der Waals surface area contributed by atoms with Crippen LogP contribution in [0.3, 0.4) is 0 Å². The van der Waals surface area contributed by atoms with E-state index in [-0.39, 0.29) is 36.7 Å². The van der Waals surface area contributed by atoms with Crippen molar-refractivity contribution >= 4 is 17.8 Å². The second-order valence-electron chi connectivity index (χ2n) is 5.93. The molecular formula is C23H27FeNO5+2. The monoisotopic (exact) mass is 453 g/mol. The first kappa shape index (κ1) is 28.4. The minimum Gasteiger partial charge on any atom is -0.464 e. The predicted octanol–water partition coefficient (Wildman–Crippen LogP) is 2.51. The second-order valence-corrected chi connectivity index (χ2v) is 5.93. The molecular weight excluding hydrogens is 426 g/mol. The molecule has 30 heavy (non-hydrogen) atoms. The fourth-order valence-corrected chi connectivity index (χ4v) is 2.39. The Morgan fingerprint density at radius 3 is 1.80 bits per heavy atom. The first-order valence-electron chi connectivity index (χ1n) is 9.38. The van der Waals surface area contributed by atoms with E-state index in [0.717, 1.165) is 5.92 Å². The van der Waals surface area contributed by atoms with Gasteiger partial charge in [-0.2, -0.15) is 0 Å². The van der Waals surface area contributed by atoms with E-state index >= 15 is 0 Å². The molecule has 0 bridgehead atoms. The summed E-state index contributed by atoms with van der Waals surface area (Å²) in [5.74, 6) is -1.32. The minimum atomic E-state index is -1.91. The molecule has 10 radical (unpaired) electrons. The van der Waals surface area contributed by atoms with Gasteiger partial charge in [0.25, 0.3) is 0 Å². The van der Waals surface area contributed by atoms with Gasteiger partial charge in [-0.1, -0.05) is 0 Å². The molecule has 160 valence electrons. The molecule has 7 heteroatoms. The van der Waals surface area contributed by atoms with Crippen molar-refractivity contribution < 1.29 is 40.9 Å². The predicted molar refractivity (Wildman–Crippen MR) is 109 cm³/mol. The van der Waals surface area contributed by atoms with Crippen LogP contribution in [0.15, 0.2) is 17.9 Å². The summed E-state index contributed by atoms with van der Waals surface area (Å²) in [5.41, 5.74) is 0.981. The van der Waals surface area contributed by atoms with Crippen molar-refractivity contribution in [3.8, 4) is 0 Å². The fraction of sp³-hybridized carbons (Fsp3) is 0.304. The van der Waals surface area contributed by atoms with Crippen molar-refractivity contribution in [3.63, 3.8) is 0 Å². The summed E-state index contributed by atoms with van der Waals surface area (Å²) in [4.78, 5) is 36.2. The van der Waals surface area contributed by atoms with Crippen LogP contribution in [0.2, 0.25) is 0 Å². The molecule has 1 amide bonds. The van der Waals surface area contributed by atoms with Crippen LogP contribution >= 0.6 is 0 Å². The molecule has 0 aliphatic heterocycles. The standard InChI is InChI=1S/C18H22NO5.C5H5.Fe/c1-4-23-16(21)18(19-14(3)20,17(22)24-5-2)13-9-8-12-15-10-6-7-11-15;1-2-4-5-3-1;/h6-7,9-12H,4-5,13H2,1-3H3,(H,19,20);1-5H;/q;;+2. The zero-order valence-electron chi connectivity index (χ0n) is 17.4. The van der Waals surface area contributed by atoms with Gasteiger partial charge in [0.15, 0.2) is 0 Å². The number of rotatable bonds is 8. The molecule has 0 saturated heterocycles.